The number of nitrogens with one attached hydrogen (secondary N) is 1. The summed E-state index contributed by atoms with van der Waals surface area (Å²) in [5.41, 5.74) is 2.19. The van der Waals surface area contributed by atoms with Gasteiger partial charge < -0.3 is 14.5 Å². The molecule has 0 saturated heterocycles. The predicted molar refractivity (Wildman–Crippen MR) is 86.2 cm³/mol. The molecule has 4 heteroatoms. The molecule has 21 heavy (non-hydrogen) atoms. The number of ether oxygens (including phenoxy) is 1. The fourth-order valence-corrected chi connectivity index (χ4v) is 2.28. The SMILES string of the molecule is Cc1cc(OCCNCc2ccco2)c(C(C)C)cc1Cl. The van der Waals surface area contributed by atoms with Crippen LogP contribution in [0, 0.1) is 6.92 Å². The van der Waals surface area contributed by atoms with Crippen molar-refractivity contribution in [1.82, 2.24) is 5.32 Å². The second-order valence-corrected chi connectivity index (χ2v) is 5.81. The highest BCUT2D eigenvalue weighted by Gasteiger charge is 2.11. The molecule has 1 heterocycles. The summed E-state index contributed by atoms with van der Waals surface area (Å²) >= 11 is 6.19. The Kier molecular flexibility index (Phi) is 5.71. The molecule has 0 bridgehead atoms. The van der Waals surface area contributed by atoms with Crippen molar-refractivity contribution in [1.29, 1.82) is 0 Å². The predicted octanol–water partition coefficient (Wildman–Crippen LogP) is 4.53. The maximum atomic E-state index is 6.19. The number of furan rings is 1. The van der Waals surface area contributed by atoms with Gasteiger partial charge in [0.05, 0.1) is 12.8 Å². The molecule has 0 unspecified atom stereocenters. The van der Waals surface area contributed by atoms with Crippen molar-refractivity contribution < 1.29 is 9.15 Å². The maximum Gasteiger partial charge on any atom is 0.123 e. The third kappa shape index (κ3) is 4.51. The highest BCUT2D eigenvalue weighted by Crippen LogP contribution is 2.31. The van der Waals surface area contributed by atoms with Crippen LogP contribution in [-0.4, -0.2) is 13.2 Å². The minimum absolute atomic E-state index is 0.383. The molecule has 3 nitrogen and oxygen atoms in total. The van der Waals surface area contributed by atoms with E-state index in [1.165, 1.54) is 0 Å². The number of rotatable bonds is 7. The fraction of sp³-hybridized carbons (Fsp3) is 0.412. The summed E-state index contributed by atoms with van der Waals surface area (Å²) in [7, 11) is 0. The topological polar surface area (TPSA) is 34.4 Å². The summed E-state index contributed by atoms with van der Waals surface area (Å²) in [6.07, 6.45) is 1.68. The van der Waals surface area contributed by atoms with Crippen LogP contribution in [0.5, 0.6) is 5.75 Å². The van der Waals surface area contributed by atoms with E-state index in [9.17, 15) is 0 Å². The minimum atomic E-state index is 0.383. The van der Waals surface area contributed by atoms with Crippen LogP contribution in [0.3, 0.4) is 0 Å². The average molecular weight is 308 g/mol. The van der Waals surface area contributed by atoms with Gasteiger partial charge in [0.15, 0.2) is 0 Å². The summed E-state index contributed by atoms with van der Waals surface area (Å²) in [6.45, 7) is 8.37. The molecule has 0 atom stereocenters. The van der Waals surface area contributed by atoms with Gasteiger partial charge in [0, 0.05) is 11.6 Å². The highest BCUT2D eigenvalue weighted by atomic mass is 35.5. The highest BCUT2D eigenvalue weighted by molar-refractivity contribution is 6.31. The minimum Gasteiger partial charge on any atom is -0.492 e. The Hall–Kier alpha value is -1.45. The van der Waals surface area contributed by atoms with E-state index < -0.39 is 0 Å². The molecule has 0 aliphatic rings. The van der Waals surface area contributed by atoms with Gasteiger partial charge in [-0.05, 0) is 48.2 Å². The Morgan fingerprint density at radius 1 is 1.33 bits per heavy atom. The number of hydrogen-bond acceptors (Lipinski definition) is 3. The summed E-state index contributed by atoms with van der Waals surface area (Å²) in [5, 5.41) is 4.08. The molecule has 1 aromatic carbocycles. The van der Waals surface area contributed by atoms with Gasteiger partial charge in [0.1, 0.15) is 18.1 Å². The van der Waals surface area contributed by atoms with Crippen molar-refractivity contribution in [3.05, 3.63) is 52.4 Å². The van der Waals surface area contributed by atoms with Crippen LogP contribution in [0.25, 0.3) is 0 Å². The van der Waals surface area contributed by atoms with Crippen molar-refractivity contribution in [2.24, 2.45) is 0 Å². The van der Waals surface area contributed by atoms with E-state index in [4.69, 9.17) is 20.8 Å². The van der Waals surface area contributed by atoms with Crippen LogP contribution < -0.4 is 10.1 Å². The second kappa shape index (κ2) is 7.53. The normalized spacial score (nSPS) is 11.1. The first-order chi connectivity index (χ1) is 10.1. The lowest BCUT2D eigenvalue weighted by Crippen LogP contribution is -2.20. The number of halogens is 1. The number of aryl methyl sites for hydroxylation is 1. The van der Waals surface area contributed by atoms with E-state index in [0.29, 0.717) is 19.1 Å². The Morgan fingerprint density at radius 2 is 2.14 bits per heavy atom. The number of benzene rings is 1. The van der Waals surface area contributed by atoms with Gasteiger partial charge in [-0.1, -0.05) is 25.4 Å². The first-order valence-electron chi connectivity index (χ1n) is 7.24. The Balaban J connectivity index is 1.86. The molecule has 1 N–H and O–H groups in total. The third-order valence-corrected chi connectivity index (χ3v) is 3.74. The van der Waals surface area contributed by atoms with Crippen molar-refractivity contribution in [2.45, 2.75) is 33.2 Å². The van der Waals surface area contributed by atoms with Crippen LogP contribution in [0.1, 0.15) is 36.7 Å². The fourth-order valence-electron chi connectivity index (χ4n) is 2.10. The van der Waals surface area contributed by atoms with Gasteiger partial charge in [-0.2, -0.15) is 0 Å². The van der Waals surface area contributed by atoms with Gasteiger partial charge in [-0.25, -0.2) is 0 Å². The van der Waals surface area contributed by atoms with Crippen molar-refractivity contribution in [3.8, 4) is 5.75 Å². The number of hydrogen-bond donors (Lipinski definition) is 1. The van der Waals surface area contributed by atoms with Gasteiger partial charge in [-0.15, -0.1) is 0 Å². The first kappa shape index (κ1) is 15.9. The van der Waals surface area contributed by atoms with E-state index in [1.807, 2.05) is 31.2 Å². The summed E-state index contributed by atoms with van der Waals surface area (Å²) in [6, 6.07) is 7.86. The van der Waals surface area contributed by atoms with E-state index >= 15 is 0 Å². The van der Waals surface area contributed by atoms with Gasteiger partial charge in [0.2, 0.25) is 0 Å². The van der Waals surface area contributed by atoms with Crippen LogP contribution in [0.4, 0.5) is 0 Å². The molecule has 114 valence electrons. The lowest BCUT2D eigenvalue weighted by Gasteiger charge is -2.16. The van der Waals surface area contributed by atoms with Crippen molar-refractivity contribution in [2.75, 3.05) is 13.2 Å². The second-order valence-electron chi connectivity index (χ2n) is 5.40. The molecule has 0 fully saturated rings. The van der Waals surface area contributed by atoms with Crippen LogP contribution >= 0.6 is 11.6 Å². The zero-order valence-electron chi connectivity index (χ0n) is 12.8. The molecule has 0 aliphatic heterocycles. The van der Waals surface area contributed by atoms with E-state index in [2.05, 4.69) is 19.2 Å². The Bertz CT molecular complexity index is 564. The molecule has 0 saturated carbocycles. The van der Waals surface area contributed by atoms with Crippen molar-refractivity contribution in [3.63, 3.8) is 0 Å². The zero-order valence-corrected chi connectivity index (χ0v) is 13.5. The molecule has 2 aromatic rings. The molecule has 1 aromatic heterocycles. The van der Waals surface area contributed by atoms with E-state index in [-0.39, 0.29) is 0 Å². The molecule has 0 radical (unpaired) electrons. The molecule has 0 amide bonds. The first-order valence-corrected chi connectivity index (χ1v) is 7.61. The third-order valence-electron chi connectivity index (χ3n) is 3.33. The smallest absolute Gasteiger partial charge is 0.123 e. The summed E-state index contributed by atoms with van der Waals surface area (Å²) in [4.78, 5) is 0. The largest absolute Gasteiger partial charge is 0.492 e. The Morgan fingerprint density at radius 3 is 2.81 bits per heavy atom. The van der Waals surface area contributed by atoms with Gasteiger partial charge in [-0.3, -0.25) is 0 Å². The van der Waals surface area contributed by atoms with E-state index in [1.54, 1.807) is 6.26 Å². The zero-order chi connectivity index (χ0) is 15.2. The maximum absolute atomic E-state index is 6.19. The molecule has 0 spiro atoms. The van der Waals surface area contributed by atoms with Gasteiger partial charge >= 0.3 is 0 Å². The van der Waals surface area contributed by atoms with Crippen LogP contribution in [-0.2, 0) is 6.54 Å². The summed E-state index contributed by atoms with van der Waals surface area (Å²) in [5.74, 6) is 2.24. The molecule has 2 rings (SSSR count). The lowest BCUT2D eigenvalue weighted by atomic mass is 10.0. The monoisotopic (exact) mass is 307 g/mol. The van der Waals surface area contributed by atoms with Crippen LogP contribution in [0.15, 0.2) is 34.9 Å². The molecular weight excluding hydrogens is 286 g/mol. The van der Waals surface area contributed by atoms with Crippen LogP contribution in [0.2, 0.25) is 5.02 Å². The van der Waals surface area contributed by atoms with Crippen molar-refractivity contribution >= 4 is 11.6 Å². The Labute approximate surface area is 131 Å². The summed E-state index contributed by atoms with van der Waals surface area (Å²) < 4.78 is 11.2. The lowest BCUT2D eigenvalue weighted by molar-refractivity contribution is 0.307. The quantitative estimate of drug-likeness (QED) is 0.763. The average Bonchev–Trinajstić information content (AvgIpc) is 2.95. The van der Waals surface area contributed by atoms with Gasteiger partial charge in [0.25, 0.3) is 0 Å². The molecule has 0 aliphatic carbocycles. The standard InChI is InChI=1S/C17H22ClNO2/c1-12(2)15-10-16(18)13(3)9-17(15)21-8-6-19-11-14-5-4-7-20-14/h4-5,7,9-10,12,19H,6,8,11H2,1-3H3. The molecular formula is C17H22ClNO2. The van der Waals surface area contributed by atoms with E-state index in [0.717, 1.165) is 34.2 Å².